The third kappa shape index (κ3) is 1.35. The predicted molar refractivity (Wildman–Crippen MR) is 44.2 cm³/mol. The lowest BCUT2D eigenvalue weighted by Crippen LogP contribution is -2.40. The lowest BCUT2D eigenvalue weighted by molar-refractivity contribution is -0.756. The Kier molecular flexibility index (Phi) is 2.13. The van der Waals surface area contributed by atoms with E-state index in [1.54, 1.807) is 0 Å². The van der Waals surface area contributed by atoms with Crippen LogP contribution in [0.2, 0.25) is 0 Å². The van der Waals surface area contributed by atoms with Crippen LogP contribution < -0.4 is 4.57 Å². The number of nitrogens with zero attached hydrogens (tertiary/aromatic N) is 3. The van der Waals surface area contributed by atoms with Crippen LogP contribution in [-0.2, 0) is 19.7 Å². The van der Waals surface area contributed by atoms with Crippen LogP contribution in [0.3, 0.4) is 0 Å². The van der Waals surface area contributed by atoms with Crippen LogP contribution in [0.5, 0.6) is 0 Å². The van der Waals surface area contributed by atoms with Gasteiger partial charge in [-0.15, -0.1) is 4.68 Å². The Morgan fingerprint density at radius 3 is 2.27 bits per heavy atom. The molecule has 62 valence electrons. The minimum atomic E-state index is 0.399. The van der Waals surface area contributed by atoms with Crippen LogP contribution >= 0.6 is 0 Å². The molecular weight excluding hydrogens is 158 g/mol. The fourth-order valence-corrected chi connectivity index (χ4v) is 1.60. The van der Waals surface area contributed by atoms with Gasteiger partial charge in [-0.25, -0.2) is 4.57 Å². The highest BCUT2D eigenvalue weighted by Crippen LogP contribution is 1.98. The van der Waals surface area contributed by atoms with Gasteiger partial charge in [0.05, 0.1) is 13.1 Å². The molecule has 0 unspecified atom stereocenters. The number of hydrogen-bond donors (Lipinski definition) is 0. The molecule has 0 N–H and O–H groups in total. The molecule has 0 aliphatic carbocycles. The fraction of sp³-hybridized carbons (Fsp3) is 0.714. The van der Waals surface area contributed by atoms with E-state index in [-0.39, 0.29) is 0 Å². The van der Waals surface area contributed by atoms with Crippen LogP contribution in [0.15, 0.2) is 5.16 Å². The van der Waals surface area contributed by atoms with Crippen LogP contribution in [-0.4, -0.2) is 9.78 Å². The average molecular weight is 171 g/mol. The molecule has 0 saturated heterocycles. The van der Waals surface area contributed by atoms with E-state index in [2.05, 4.69) is 18.9 Å². The summed E-state index contributed by atoms with van der Waals surface area (Å²) in [6.45, 7) is 6.22. The van der Waals surface area contributed by atoms with E-state index >= 15 is 0 Å². The second-order valence-corrected chi connectivity index (χ2v) is 3.28. The third-order valence-electron chi connectivity index (χ3n) is 1.77. The molecule has 0 fully saturated rings. The summed E-state index contributed by atoms with van der Waals surface area (Å²) in [5.74, 6) is 1.10. The first-order valence-corrected chi connectivity index (χ1v) is 4.07. The summed E-state index contributed by atoms with van der Waals surface area (Å²) in [5, 5.41) is 4.79. The second kappa shape index (κ2) is 2.77. The van der Waals surface area contributed by atoms with E-state index in [1.165, 1.54) is 0 Å². The Morgan fingerprint density at radius 2 is 2.09 bits per heavy atom. The van der Waals surface area contributed by atoms with E-state index in [4.69, 9.17) is 12.6 Å². The van der Waals surface area contributed by atoms with Crippen molar-refractivity contribution in [3.05, 3.63) is 5.82 Å². The largest absolute Gasteiger partial charge is 0.703 e. The van der Waals surface area contributed by atoms with Crippen molar-refractivity contribution in [3.63, 3.8) is 0 Å². The normalized spacial score (nSPS) is 11.0. The van der Waals surface area contributed by atoms with Gasteiger partial charge in [0.1, 0.15) is 0 Å². The Morgan fingerprint density at radius 1 is 1.55 bits per heavy atom. The lowest BCUT2D eigenvalue weighted by Gasteiger charge is -2.07. The van der Waals surface area contributed by atoms with Gasteiger partial charge in [-0.3, -0.25) is 0 Å². The minimum absolute atomic E-state index is 0.399. The molecule has 11 heavy (non-hydrogen) atoms. The molecule has 1 heterocycles. The SMILES string of the molecule is Cc1n(C)nc([S-])[n+]1C(C)C. The number of aromatic nitrogens is 3. The molecule has 4 heteroatoms. The summed E-state index contributed by atoms with van der Waals surface area (Å²) in [7, 11) is 1.91. The highest BCUT2D eigenvalue weighted by molar-refractivity contribution is 7.58. The van der Waals surface area contributed by atoms with E-state index in [1.807, 2.05) is 23.2 Å². The van der Waals surface area contributed by atoms with E-state index < -0.39 is 0 Å². The van der Waals surface area contributed by atoms with Crippen LogP contribution in [0.1, 0.15) is 25.7 Å². The Hall–Kier alpha value is -0.640. The van der Waals surface area contributed by atoms with E-state index in [0.717, 1.165) is 5.82 Å². The average Bonchev–Trinajstić information content (AvgIpc) is 2.07. The number of rotatable bonds is 1. The molecule has 0 aromatic carbocycles. The zero-order valence-electron chi connectivity index (χ0n) is 7.33. The zero-order chi connectivity index (χ0) is 8.59. The highest BCUT2D eigenvalue weighted by Gasteiger charge is 2.13. The van der Waals surface area contributed by atoms with Gasteiger partial charge in [-0.1, -0.05) is 0 Å². The Bertz CT molecular complexity index is 265. The molecule has 3 nitrogen and oxygen atoms in total. The van der Waals surface area contributed by atoms with Gasteiger partial charge >= 0.3 is 0 Å². The van der Waals surface area contributed by atoms with Crippen LogP contribution in [0.25, 0.3) is 0 Å². The van der Waals surface area contributed by atoms with Gasteiger partial charge < -0.3 is 12.6 Å². The van der Waals surface area contributed by atoms with Crippen molar-refractivity contribution in [1.29, 1.82) is 0 Å². The first kappa shape index (κ1) is 8.46. The maximum absolute atomic E-state index is 5.07. The molecule has 0 saturated carbocycles. The Labute approximate surface area is 72.4 Å². The molecule has 1 aromatic rings. The van der Waals surface area contributed by atoms with Crippen LogP contribution in [0, 0.1) is 6.92 Å². The number of hydrogen-bond acceptors (Lipinski definition) is 2. The summed E-state index contributed by atoms with van der Waals surface area (Å²) >= 11 is 5.07. The Balaban J connectivity index is 3.22. The maximum atomic E-state index is 5.07. The molecule has 1 rings (SSSR count). The van der Waals surface area contributed by atoms with Gasteiger partial charge in [0.15, 0.2) is 5.16 Å². The quantitative estimate of drug-likeness (QED) is 0.453. The summed E-state index contributed by atoms with van der Waals surface area (Å²) in [6, 6.07) is 0.399. The molecule has 1 aromatic heterocycles. The van der Waals surface area contributed by atoms with Crippen molar-refractivity contribution in [2.45, 2.75) is 32.0 Å². The molecule has 0 amide bonds. The monoisotopic (exact) mass is 171 g/mol. The predicted octanol–water partition coefficient (Wildman–Crippen LogP) is 0.503. The summed E-state index contributed by atoms with van der Waals surface area (Å²) in [5.41, 5.74) is 0. The summed E-state index contributed by atoms with van der Waals surface area (Å²) < 4.78 is 3.84. The van der Waals surface area contributed by atoms with Crippen molar-refractivity contribution >= 4 is 12.6 Å². The van der Waals surface area contributed by atoms with Gasteiger partial charge in [0.25, 0.3) is 0 Å². The second-order valence-electron chi connectivity index (χ2n) is 2.92. The van der Waals surface area contributed by atoms with Gasteiger partial charge in [-0.05, 0) is 13.8 Å². The fourth-order valence-electron chi connectivity index (χ4n) is 1.14. The van der Waals surface area contributed by atoms with Gasteiger partial charge in [-0.2, -0.15) is 0 Å². The highest BCUT2D eigenvalue weighted by atomic mass is 32.1. The molecular formula is C7H13N3S. The summed E-state index contributed by atoms with van der Waals surface area (Å²) in [4.78, 5) is 0. The van der Waals surface area contributed by atoms with Crippen molar-refractivity contribution in [1.82, 2.24) is 9.78 Å². The van der Waals surface area contributed by atoms with Gasteiger partial charge in [0, 0.05) is 12.0 Å². The summed E-state index contributed by atoms with van der Waals surface area (Å²) in [6.07, 6.45) is 0. The molecule has 0 radical (unpaired) electrons. The number of aryl methyl sites for hydroxylation is 1. The smallest absolute Gasteiger partial charge is 0.231 e. The minimum Gasteiger partial charge on any atom is -0.703 e. The molecule has 0 spiro atoms. The van der Waals surface area contributed by atoms with Crippen LogP contribution in [0.4, 0.5) is 0 Å². The van der Waals surface area contributed by atoms with Crippen molar-refractivity contribution in [3.8, 4) is 0 Å². The standard InChI is InChI=1S/C7H13N3S/c1-5(2)10-6(3)9(4)8-7(10)11/h5H,1-4H3. The van der Waals surface area contributed by atoms with E-state index in [9.17, 15) is 0 Å². The lowest BCUT2D eigenvalue weighted by atomic mass is 10.4. The third-order valence-corrected chi connectivity index (χ3v) is 2.05. The molecule has 0 aliphatic heterocycles. The van der Waals surface area contributed by atoms with Gasteiger partial charge in [0.2, 0.25) is 5.82 Å². The topological polar surface area (TPSA) is 21.7 Å². The first-order valence-electron chi connectivity index (χ1n) is 3.66. The molecule has 0 atom stereocenters. The van der Waals surface area contributed by atoms with Crippen molar-refractivity contribution in [2.75, 3.05) is 0 Å². The molecule has 0 bridgehead atoms. The zero-order valence-corrected chi connectivity index (χ0v) is 8.14. The maximum Gasteiger partial charge on any atom is 0.231 e. The van der Waals surface area contributed by atoms with E-state index in [0.29, 0.717) is 11.2 Å². The molecule has 0 aliphatic rings. The first-order chi connectivity index (χ1) is 5.04. The van der Waals surface area contributed by atoms with Crippen molar-refractivity contribution < 1.29 is 4.57 Å². The van der Waals surface area contributed by atoms with Crippen molar-refractivity contribution in [2.24, 2.45) is 7.05 Å².